The van der Waals surface area contributed by atoms with Crippen LogP contribution < -0.4 is 20.3 Å². The third-order valence-electron chi connectivity index (χ3n) is 17.5. The van der Waals surface area contributed by atoms with Gasteiger partial charge in [0.25, 0.3) is 5.91 Å². The first kappa shape index (κ1) is 57.0. The van der Waals surface area contributed by atoms with Gasteiger partial charge in [-0.15, -0.1) is 11.3 Å². The number of aryl methyl sites for hydroxylation is 1. The molecule has 1 atom stereocenters. The number of rotatable bonds is 13. The maximum absolute atomic E-state index is 14.1. The standard InChI is InChI=1S/C62H78ClN9O7S/c1-39(54-33-46(38-80-54)47-11-9-8-10-45(47)37-68(6)60(77)79-61(3,4)5)64-56-49-34-48(53(78-7)35-51(49)65-40(2)66-56)42-12-14-43(15-13-42)57(74)71-30-28-69(29-31-71)36-41-18-21-62(22-19-41)23-26-70(27-24-62)58(75)44-16-17-50(63)52(32-44)72-25-20-55(73)67-59(72)76/h8-11,16-17,32-35,38-39,41-43H,12-15,18-31,36-37H2,1-7H3,(H,64,65,66)(H,67,73,76)/t39-,42?,43?/m1/s1. The summed E-state index contributed by atoms with van der Waals surface area (Å²) in [6, 6.07) is 19.2. The molecule has 1 spiro atoms. The van der Waals surface area contributed by atoms with E-state index < -0.39 is 11.6 Å². The van der Waals surface area contributed by atoms with Crippen LogP contribution in [0.3, 0.4) is 0 Å². The number of carbonyl (C=O) groups excluding carboxylic acids is 5. The molecule has 0 radical (unpaired) electrons. The third kappa shape index (κ3) is 12.9. The number of amides is 6. The van der Waals surface area contributed by atoms with Gasteiger partial charge in [0.05, 0.1) is 29.4 Å². The van der Waals surface area contributed by atoms with Gasteiger partial charge < -0.3 is 29.5 Å². The molecule has 5 aliphatic rings. The second-order valence-corrected chi connectivity index (χ2v) is 25.5. The number of thiophene rings is 1. The number of piperazine rings is 1. The van der Waals surface area contributed by atoms with Crippen LogP contribution in [-0.4, -0.2) is 132 Å². The Morgan fingerprint density at radius 1 is 0.887 bits per heavy atom. The highest BCUT2D eigenvalue weighted by Gasteiger charge is 2.41. The number of carbonyl (C=O) groups is 5. The summed E-state index contributed by atoms with van der Waals surface area (Å²) in [6.07, 6.45) is 10.0. The van der Waals surface area contributed by atoms with E-state index in [1.54, 1.807) is 48.6 Å². The fraction of sp³-hybridized carbons (Fsp3) is 0.532. The highest BCUT2D eigenvalue weighted by molar-refractivity contribution is 7.10. The molecule has 2 aliphatic carbocycles. The number of urea groups is 1. The number of halogens is 1. The number of nitrogens with zero attached hydrogens (tertiary/aromatic N) is 7. The van der Waals surface area contributed by atoms with Crippen molar-refractivity contribution in [3.05, 3.63) is 98.5 Å². The lowest BCUT2D eigenvalue weighted by molar-refractivity contribution is -0.138. The summed E-state index contributed by atoms with van der Waals surface area (Å²) >= 11 is 8.16. The van der Waals surface area contributed by atoms with Gasteiger partial charge in [-0.3, -0.25) is 29.5 Å². The Hall–Kier alpha value is -6.30. The molecule has 3 saturated heterocycles. The highest BCUT2D eigenvalue weighted by Crippen LogP contribution is 2.48. The number of imide groups is 1. The van der Waals surface area contributed by atoms with Gasteiger partial charge in [-0.25, -0.2) is 19.6 Å². The van der Waals surface area contributed by atoms with Crippen LogP contribution in [0.4, 0.5) is 21.1 Å². The largest absolute Gasteiger partial charge is 0.496 e. The molecule has 10 rings (SSSR count). The first-order chi connectivity index (χ1) is 38.3. The van der Waals surface area contributed by atoms with Crippen LogP contribution in [0.5, 0.6) is 5.75 Å². The van der Waals surface area contributed by atoms with E-state index in [9.17, 15) is 24.0 Å². The van der Waals surface area contributed by atoms with Crippen LogP contribution in [0.2, 0.25) is 5.02 Å². The van der Waals surface area contributed by atoms with Crippen molar-refractivity contribution in [3.8, 4) is 16.9 Å². The normalized spacial score (nSPS) is 20.6. The summed E-state index contributed by atoms with van der Waals surface area (Å²) in [7, 11) is 3.49. The Morgan fingerprint density at radius 2 is 1.61 bits per heavy atom. The quantitative estimate of drug-likeness (QED) is 0.115. The molecule has 3 aliphatic heterocycles. The minimum absolute atomic E-state index is 0.0256. The molecular weight excluding hydrogens is 1050 g/mol. The maximum atomic E-state index is 14.1. The van der Waals surface area contributed by atoms with Crippen LogP contribution in [0.1, 0.15) is 142 Å². The average Bonchev–Trinajstić information content (AvgIpc) is 3.94. The van der Waals surface area contributed by atoms with Crippen molar-refractivity contribution in [1.82, 2.24) is 34.9 Å². The molecule has 426 valence electrons. The Labute approximate surface area is 479 Å². The number of aromatic nitrogens is 2. The number of methoxy groups -OCH3 is 1. The predicted octanol–water partition coefficient (Wildman–Crippen LogP) is 11.8. The molecule has 2 saturated carbocycles. The van der Waals surface area contributed by atoms with Gasteiger partial charge in [-0.05, 0) is 174 Å². The Balaban J connectivity index is 0.688. The van der Waals surface area contributed by atoms with Crippen LogP contribution in [0, 0.1) is 24.2 Å². The summed E-state index contributed by atoms with van der Waals surface area (Å²) in [6.45, 7) is 16.2. The first-order valence-corrected chi connectivity index (χ1v) is 30.0. The van der Waals surface area contributed by atoms with Crippen LogP contribution >= 0.6 is 22.9 Å². The molecule has 2 aromatic heterocycles. The lowest BCUT2D eigenvalue weighted by Crippen LogP contribution is -2.52. The molecule has 0 bridgehead atoms. The fourth-order valence-electron chi connectivity index (χ4n) is 12.9. The summed E-state index contributed by atoms with van der Waals surface area (Å²) in [5, 5.41) is 9.56. The molecular formula is C62H78ClN9O7S. The zero-order valence-electron chi connectivity index (χ0n) is 47.6. The number of anilines is 2. The monoisotopic (exact) mass is 1130 g/mol. The number of piperidine rings is 1. The number of fused-ring (bicyclic) bond motifs is 1. The number of likely N-dealkylation sites (tertiary alicyclic amines) is 1. The number of ether oxygens (including phenoxy) is 2. The minimum atomic E-state index is -0.573. The number of hydrogen-bond donors (Lipinski definition) is 2. The summed E-state index contributed by atoms with van der Waals surface area (Å²) < 4.78 is 11.7. The van der Waals surface area contributed by atoms with Gasteiger partial charge in [0.15, 0.2) is 0 Å². The SMILES string of the molecule is COc1cc2nc(C)nc(N[C@H](C)c3cc(-c4ccccc4CN(C)C(=O)OC(C)(C)C)cs3)c2cc1C1CCC(C(=O)N2CCN(CC3CCC4(CC3)CCN(C(=O)c3ccc(Cl)c(N5CCC(=O)NC5=O)c3)CC4)CC2)CC1. The molecule has 5 fully saturated rings. The topological polar surface area (TPSA) is 170 Å². The van der Waals surface area contributed by atoms with Gasteiger partial charge in [-0.2, -0.15) is 0 Å². The summed E-state index contributed by atoms with van der Waals surface area (Å²) in [4.78, 5) is 85.6. The molecule has 2 N–H and O–H groups in total. The van der Waals surface area contributed by atoms with Crippen molar-refractivity contribution in [1.29, 1.82) is 0 Å². The fourth-order valence-corrected chi connectivity index (χ4v) is 14.0. The molecule has 5 heterocycles. The molecule has 0 unspecified atom stereocenters. The second kappa shape index (κ2) is 24.0. The zero-order valence-corrected chi connectivity index (χ0v) is 49.1. The van der Waals surface area contributed by atoms with E-state index in [2.05, 4.69) is 57.0 Å². The van der Waals surface area contributed by atoms with Gasteiger partial charge >= 0.3 is 12.1 Å². The van der Waals surface area contributed by atoms with Crippen molar-refractivity contribution in [2.75, 3.05) is 76.7 Å². The van der Waals surface area contributed by atoms with E-state index in [0.29, 0.717) is 53.6 Å². The van der Waals surface area contributed by atoms with Crippen molar-refractivity contribution < 1.29 is 33.4 Å². The van der Waals surface area contributed by atoms with Crippen molar-refractivity contribution >= 4 is 75.2 Å². The lowest BCUT2D eigenvalue weighted by atomic mass is 9.65. The van der Waals surface area contributed by atoms with Crippen molar-refractivity contribution in [2.24, 2.45) is 17.3 Å². The van der Waals surface area contributed by atoms with E-state index in [0.717, 1.165) is 121 Å². The van der Waals surface area contributed by atoms with E-state index in [4.69, 9.17) is 31.0 Å². The second-order valence-electron chi connectivity index (χ2n) is 24.2. The third-order valence-corrected chi connectivity index (χ3v) is 19.0. The molecule has 16 nitrogen and oxygen atoms in total. The van der Waals surface area contributed by atoms with E-state index in [1.165, 1.54) is 30.6 Å². The Kier molecular flexibility index (Phi) is 17.1. The predicted molar refractivity (Wildman–Crippen MR) is 315 cm³/mol. The van der Waals surface area contributed by atoms with Crippen molar-refractivity contribution in [3.63, 3.8) is 0 Å². The highest BCUT2D eigenvalue weighted by atomic mass is 35.5. The van der Waals surface area contributed by atoms with E-state index in [1.807, 2.05) is 50.8 Å². The first-order valence-electron chi connectivity index (χ1n) is 28.8. The summed E-state index contributed by atoms with van der Waals surface area (Å²) in [5.41, 5.74) is 5.81. The maximum Gasteiger partial charge on any atom is 0.410 e. The van der Waals surface area contributed by atoms with Crippen molar-refractivity contribution in [2.45, 2.75) is 129 Å². The number of hydrogen-bond acceptors (Lipinski definition) is 12. The Bertz CT molecular complexity index is 3110. The van der Waals surface area contributed by atoms with Gasteiger partial charge in [0.1, 0.15) is 23.0 Å². The molecule has 80 heavy (non-hydrogen) atoms. The number of benzene rings is 3. The van der Waals surface area contributed by atoms with Crippen LogP contribution in [-0.2, 0) is 20.9 Å². The minimum Gasteiger partial charge on any atom is -0.496 e. The Morgan fingerprint density at radius 3 is 2.31 bits per heavy atom. The average molecular weight is 1130 g/mol. The van der Waals surface area contributed by atoms with Crippen LogP contribution in [0.15, 0.2) is 66.0 Å². The molecule has 18 heteroatoms. The summed E-state index contributed by atoms with van der Waals surface area (Å²) in [5.74, 6) is 3.12. The van der Waals surface area contributed by atoms with Gasteiger partial charge in [-0.1, -0.05) is 35.9 Å². The number of nitrogens with one attached hydrogen (secondary N) is 2. The van der Waals surface area contributed by atoms with Gasteiger partial charge in [0, 0.05) is 100 Å². The smallest absolute Gasteiger partial charge is 0.410 e. The molecule has 5 aromatic rings. The molecule has 3 aromatic carbocycles. The van der Waals surface area contributed by atoms with Gasteiger partial charge in [0.2, 0.25) is 11.8 Å². The van der Waals surface area contributed by atoms with E-state index in [-0.39, 0.29) is 54.2 Å². The lowest BCUT2D eigenvalue weighted by Gasteiger charge is -2.47. The molecule has 6 amide bonds. The van der Waals surface area contributed by atoms with E-state index >= 15 is 0 Å². The zero-order chi connectivity index (χ0) is 56.5. The van der Waals surface area contributed by atoms with Crippen LogP contribution in [0.25, 0.3) is 22.0 Å².